The number of hydrogen-bond acceptors (Lipinski definition) is 5. The highest BCUT2D eigenvalue weighted by atomic mass is 35.5. The summed E-state index contributed by atoms with van der Waals surface area (Å²) in [4.78, 5) is 23.9. The molecule has 0 saturated carbocycles. The van der Waals surface area contributed by atoms with Gasteiger partial charge < -0.3 is 10.1 Å². The second-order valence-corrected chi connectivity index (χ2v) is 7.84. The van der Waals surface area contributed by atoms with Gasteiger partial charge in [-0.1, -0.05) is 11.6 Å². The van der Waals surface area contributed by atoms with Crippen molar-refractivity contribution in [2.24, 2.45) is 0 Å². The number of benzene rings is 2. The summed E-state index contributed by atoms with van der Waals surface area (Å²) in [7, 11) is -0.812. The fraction of sp³-hybridized carbons (Fsp3) is 0.176. The lowest BCUT2D eigenvalue weighted by atomic mass is 10.1. The van der Waals surface area contributed by atoms with Gasteiger partial charge in [0, 0.05) is 12.7 Å². The molecule has 1 amide bonds. The quantitative estimate of drug-likeness (QED) is 0.784. The summed E-state index contributed by atoms with van der Waals surface area (Å²) in [6.07, 6.45) is 1.06. The fourth-order valence-electron chi connectivity index (χ4n) is 2.08. The highest BCUT2D eigenvalue weighted by Crippen LogP contribution is 2.25. The van der Waals surface area contributed by atoms with Crippen molar-refractivity contribution < 1.29 is 22.7 Å². The summed E-state index contributed by atoms with van der Waals surface area (Å²) in [6, 6.07) is 10.5. The molecule has 1 N–H and O–H groups in total. The molecule has 2 aromatic rings. The van der Waals surface area contributed by atoms with E-state index in [2.05, 4.69) is 10.1 Å². The average molecular weight is 397 g/mol. The standard InChI is InChI=1S/C17H17ClN2O5S/c1-20(26(3,23)24)13-8-9-15(18)14(10-13)16(21)19-12-6-4-11(5-7-12)17(22)25-2/h4-10H,1-3H3,(H,19,21). The first-order valence-corrected chi connectivity index (χ1v) is 9.59. The number of esters is 1. The molecule has 7 nitrogen and oxygen atoms in total. The van der Waals surface area contributed by atoms with Gasteiger partial charge in [0.2, 0.25) is 10.0 Å². The summed E-state index contributed by atoms with van der Waals surface area (Å²) in [5.74, 6) is -0.994. The van der Waals surface area contributed by atoms with Gasteiger partial charge in [-0.3, -0.25) is 9.10 Å². The normalized spacial score (nSPS) is 10.9. The molecule has 0 aliphatic rings. The molecule has 0 spiro atoms. The Labute approximate surface area is 156 Å². The predicted molar refractivity (Wildman–Crippen MR) is 100 cm³/mol. The first-order chi connectivity index (χ1) is 12.1. The third-order valence-corrected chi connectivity index (χ3v) is 5.15. The van der Waals surface area contributed by atoms with Crippen molar-refractivity contribution in [2.75, 3.05) is 30.0 Å². The first kappa shape index (κ1) is 19.7. The van der Waals surface area contributed by atoms with Crippen molar-refractivity contribution in [3.05, 3.63) is 58.6 Å². The maximum absolute atomic E-state index is 12.5. The zero-order valence-corrected chi connectivity index (χ0v) is 15.9. The van der Waals surface area contributed by atoms with Crippen LogP contribution in [-0.4, -0.2) is 40.7 Å². The van der Waals surface area contributed by atoms with Gasteiger partial charge in [0.05, 0.1) is 35.2 Å². The summed E-state index contributed by atoms with van der Waals surface area (Å²) in [5, 5.41) is 2.82. The number of nitrogens with zero attached hydrogens (tertiary/aromatic N) is 1. The van der Waals surface area contributed by atoms with Crippen LogP contribution < -0.4 is 9.62 Å². The number of anilines is 2. The molecule has 2 rings (SSSR count). The molecular weight excluding hydrogens is 380 g/mol. The second-order valence-electron chi connectivity index (χ2n) is 5.42. The highest BCUT2D eigenvalue weighted by molar-refractivity contribution is 7.92. The Hall–Kier alpha value is -2.58. The molecule has 0 unspecified atom stereocenters. The smallest absolute Gasteiger partial charge is 0.337 e. The van der Waals surface area contributed by atoms with E-state index in [4.69, 9.17) is 11.6 Å². The van der Waals surface area contributed by atoms with Crippen LogP contribution >= 0.6 is 11.6 Å². The zero-order chi connectivity index (χ0) is 19.5. The number of sulfonamides is 1. The molecule has 0 radical (unpaired) electrons. The minimum absolute atomic E-state index is 0.122. The molecule has 0 bridgehead atoms. The number of nitrogens with one attached hydrogen (secondary N) is 1. The van der Waals surface area contributed by atoms with Gasteiger partial charge >= 0.3 is 5.97 Å². The maximum atomic E-state index is 12.5. The maximum Gasteiger partial charge on any atom is 0.337 e. The third-order valence-electron chi connectivity index (χ3n) is 3.62. The van der Waals surface area contributed by atoms with Crippen LogP contribution in [0.15, 0.2) is 42.5 Å². The monoisotopic (exact) mass is 396 g/mol. The van der Waals surface area contributed by atoms with Crippen molar-refractivity contribution in [3.8, 4) is 0 Å². The van der Waals surface area contributed by atoms with Gasteiger partial charge in [0.25, 0.3) is 5.91 Å². The van der Waals surface area contributed by atoms with E-state index < -0.39 is 21.9 Å². The van der Waals surface area contributed by atoms with Gasteiger partial charge in [-0.2, -0.15) is 0 Å². The molecule has 26 heavy (non-hydrogen) atoms. The summed E-state index contributed by atoms with van der Waals surface area (Å²) in [5.41, 5.74) is 1.22. The van der Waals surface area contributed by atoms with E-state index in [0.29, 0.717) is 16.9 Å². The SMILES string of the molecule is COC(=O)c1ccc(NC(=O)c2cc(N(C)S(C)(=O)=O)ccc2Cl)cc1. The van der Waals surface area contributed by atoms with E-state index in [1.165, 1.54) is 44.5 Å². The molecular formula is C17H17ClN2O5S. The predicted octanol–water partition coefficient (Wildman–Crippen LogP) is 2.77. The Kier molecular flexibility index (Phi) is 5.89. The lowest BCUT2D eigenvalue weighted by molar-refractivity contribution is 0.0600. The van der Waals surface area contributed by atoms with E-state index in [-0.39, 0.29) is 10.6 Å². The molecule has 9 heteroatoms. The van der Waals surface area contributed by atoms with Crippen LogP contribution in [0.5, 0.6) is 0 Å². The van der Waals surface area contributed by atoms with Gasteiger partial charge in [-0.15, -0.1) is 0 Å². The number of carbonyl (C=O) groups excluding carboxylic acids is 2. The van der Waals surface area contributed by atoms with Crippen molar-refractivity contribution in [1.29, 1.82) is 0 Å². The molecule has 0 aliphatic carbocycles. The number of rotatable bonds is 5. The Balaban J connectivity index is 2.25. The second kappa shape index (κ2) is 7.76. The summed E-state index contributed by atoms with van der Waals surface area (Å²) >= 11 is 6.07. The van der Waals surface area contributed by atoms with E-state index in [1.807, 2.05) is 0 Å². The zero-order valence-electron chi connectivity index (χ0n) is 14.3. The Morgan fingerprint density at radius 2 is 1.73 bits per heavy atom. The van der Waals surface area contributed by atoms with Crippen LogP contribution in [-0.2, 0) is 14.8 Å². The van der Waals surface area contributed by atoms with E-state index in [9.17, 15) is 18.0 Å². The van der Waals surface area contributed by atoms with E-state index in [0.717, 1.165) is 10.6 Å². The topological polar surface area (TPSA) is 92.8 Å². The van der Waals surface area contributed by atoms with Crippen LogP contribution in [0.1, 0.15) is 20.7 Å². The van der Waals surface area contributed by atoms with Crippen LogP contribution in [0, 0.1) is 0 Å². The van der Waals surface area contributed by atoms with Gasteiger partial charge in [0.1, 0.15) is 0 Å². The Bertz CT molecular complexity index is 942. The molecule has 138 valence electrons. The summed E-state index contributed by atoms with van der Waals surface area (Å²) in [6.45, 7) is 0. The van der Waals surface area contributed by atoms with Crippen molar-refractivity contribution in [3.63, 3.8) is 0 Å². The minimum atomic E-state index is -3.47. The van der Waals surface area contributed by atoms with Crippen LogP contribution in [0.2, 0.25) is 5.02 Å². The van der Waals surface area contributed by atoms with Crippen molar-refractivity contribution in [2.45, 2.75) is 0 Å². The molecule has 0 saturated heterocycles. The average Bonchev–Trinajstić information content (AvgIpc) is 2.60. The number of halogens is 1. The number of methoxy groups -OCH3 is 1. The largest absolute Gasteiger partial charge is 0.465 e. The highest BCUT2D eigenvalue weighted by Gasteiger charge is 2.17. The van der Waals surface area contributed by atoms with Crippen LogP contribution in [0.4, 0.5) is 11.4 Å². The van der Waals surface area contributed by atoms with Gasteiger partial charge in [-0.05, 0) is 42.5 Å². The van der Waals surface area contributed by atoms with Crippen LogP contribution in [0.25, 0.3) is 0 Å². The van der Waals surface area contributed by atoms with Gasteiger partial charge in [0.15, 0.2) is 0 Å². The molecule has 0 aliphatic heterocycles. The van der Waals surface area contributed by atoms with Gasteiger partial charge in [-0.25, -0.2) is 13.2 Å². The molecule has 0 aromatic heterocycles. The molecule has 0 fully saturated rings. The number of ether oxygens (including phenoxy) is 1. The number of carbonyl (C=O) groups is 2. The number of hydrogen-bond donors (Lipinski definition) is 1. The molecule has 2 aromatic carbocycles. The van der Waals surface area contributed by atoms with Crippen LogP contribution in [0.3, 0.4) is 0 Å². The Morgan fingerprint density at radius 3 is 2.27 bits per heavy atom. The number of amides is 1. The molecule has 0 atom stereocenters. The molecule has 0 heterocycles. The third kappa shape index (κ3) is 4.53. The first-order valence-electron chi connectivity index (χ1n) is 7.36. The Morgan fingerprint density at radius 1 is 1.12 bits per heavy atom. The summed E-state index contributed by atoms with van der Waals surface area (Å²) < 4.78 is 29.0. The van der Waals surface area contributed by atoms with Crippen molar-refractivity contribution in [1.82, 2.24) is 0 Å². The minimum Gasteiger partial charge on any atom is -0.465 e. The lowest BCUT2D eigenvalue weighted by Crippen LogP contribution is -2.25. The fourth-order valence-corrected chi connectivity index (χ4v) is 2.78. The lowest BCUT2D eigenvalue weighted by Gasteiger charge is -2.18. The van der Waals surface area contributed by atoms with E-state index >= 15 is 0 Å². The van der Waals surface area contributed by atoms with Crippen molar-refractivity contribution >= 4 is 44.9 Å². The van der Waals surface area contributed by atoms with E-state index in [1.54, 1.807) is 12.1 Å².